The summed E-state index contributed by atoms with van der Waals surface area (Å²) in [7, 11) is -9.33. The van der Waals surface area contributed by atoms with Gasteiger partial charge in [0.2, 0.25) is 0 Å². The van der Waals surface area contributed by atoms with E-state index in [1.165, 1.54) is 103 Å². The zero-order valence-electron chi connectivity index (χ0n) is 17.6. The van der Waals surface area contributed by atoms with Crippen LogP contribution in [0.25, 0.3) is 0 Å². The summed E-state index contributed by atoms with van der Waals surface area (Å²) in [6, 6.07) is 0. The summed E-state index contributed by atoms with van der Waals surface area (Å²) >= 11 is 0. The number of hydrogen-bond donors (Lipinski definition) is 4. The summed E-state index contributed by atoms with van der Waals surface area (Å²) < 4.78 is 63.2. The van der Waals surface area contributed by atoms with Crippen LogP contribution in [-0.2, 0) is 20.8 Å². The van der Waals surface area contributed by atoms with Gasteiger partial charge in [-0.1, -0.05) is 117 Å². The van der Waals surface area contributed by atoms with Crippen LogP contribution in [0.3, 0.4) is 0 Å². The van der Waals surface area contributed by atoms with E-state index in [1.807, 2.05) is 0 Å². The summed E-state index contributed by atoms with van der Waals surface area (Å²) in [4.78, 5) is 0. The van der Waals surface area contributed by atoms with Crippen molar-refractivity contribution >= 4 is 79.9 Å². The zero-order valence-corrected chi connectivity index (χ0v) is 19.2. The molecule has 30 heavy (non-hydrogen) atoms. The van der Waals surface area contributed by atoms with Gasteiger partial charge in [-0.25, -0.2) is 0 Å². The third-order valence-corrected chi connectivity index (χ3v) is 3.96. The molecule has 4 N–H and O–H groups in total. The normalized spacial score (nSPS) is 10.5. The van der Waals surface area contributed by atoms with Crippen molar-refractivity contribution < 1.29 is 35.0 Å². The fraction of sp³-hybridized carbons (Fsp3) is 1.00. The second-order valence-electron chi connectivity index (χ2n) is 6.85. The fourth-order valence-corrected chi connectivity index (χ4v) is 2.62. The van der Waals surface area contributed by atoms with Gasteiger partial charge in [0.1, 0.15) is 0 Å². The maximum absolute atomic E-state index is 8.74. The van der Waals surface area contributed by atoms with E-state index in [0.717, 1.165) is 0 Å². The molecule has 0 heterocycles. The van der Waals surface area contributed by atoms with Gasteiger partial charge in [0.25, 0.3) is 0 Å². The van der Waals surface area contributed by atoms with Crippen molar-refractivity contribution in [2.45, 2.75) is 117 Å². The number of hydrogen-bond acceptors (Lipinski definition) is 4. The van der Waals surface area contributed by atoms with Crippen LogP contribution in [0, 0.1) is 0 Å². The first kappa shape index (κ1) is 41.9. The van der Waals surface area contributed by atoms with Crippen LogP contribution >= 0.6 is 0 Å². The Balaban J connectivity index is -0.000000145. The topological polar surface area (TPSA) is 149 Å². The van der Waals surface area contributed by atoms with E-state index in [1.54, 1.807) is 0 Å². The summed E-state index contributed by atoms with van der Waals surface area (Å²) in [6.45, 7) is 4.59. The molecule has 8 nitrogen and oxygen atoms in total. The molecular weight excluding hydrogens is 454 g/mol. The first-order chi connectivity index (χ1) is 12.9. The number of unbranched alkanes of at least 4 members (excludes halogenated alkanes) is 15. The van der Waals surface area contributed by atoms with Crippen LogP contribution in [0.1, 0.15) is 117 Å². The molecule has 178 valence electrons. The van der Waals surface area contributed by atoms with E-state index in [4.69, 9.17) is 35.0 Å². The second-order valence-corrected chi connectivity index (χ2v) is 8.64. The Bertz CT molecular complexity index is 438. The molecule has 0 rings (SSSR count). The van der Waals surface area contributed by atoms with Crippen LogP contribution in [0.4, 0.5) is 0 Å². The van der Waals surface area contributed by atoms with E-state index in [2.05, 4.69) is 13.8 Å². The number of rotatable bonds is 15. The third-order valence-electron chi connectivity index (χ3n) is 3.96. The summed E-state index contributed by atoms with van der Waals surface area (Å²) in [5, 5.41) is 0. The van der Waals surface area contributed by atoms with E-state index < -0.39 is 20.8 Å². The summed E-state index contributed by atoms with van der Waals surface area (Å²) in [5.41, 5.74) is 0. The van der Waals surface area contributed by atoms with Gasteiger partial charge in [0, 0.05) is 0 Å². The van der Waals surface area contributed by atoms with Crippen molar-refractivity contribution in [1.82, 2.24) is 0 Å². The summed E-state index contributed by atoms with van der Waals surface area (Å²) in [5.74, 6) is 0. The van der Waals surface area contributed by atoms with Crippen LogP contribution in [0.2, 0.25) is 0 Å². The van der Waals surface area contributed by atoms with Gasteiger partial charge in [0.15, 0.2) is 0 Å². The first-order valence-electron chi connectivity index (χ1n) is 10.3. The van der Waals surface area contributed by atoms with Crippen LogP contribution in [-0.4, -0.2) is 94.2 Å². The molecule has 0 aliphatic rings. The van der Waals surface area contributed by atoms with Crippen LogP contribution in [0.5, 0.6) is 0 Å². The zero-order chi connectivity index (χ0) is 22.3. The molecular formula is C18H44Na2O8S2. The molecule has 0 unspecified atom stereocenters. The average molecular weight is 499 g/mol. The van der Waals surface area contributed by atoms with Crippen molar-refractivity contribution in [2.24, 2.45) is 0 Å². The molecule has 0 saturated carbocycles. The molecule has 12 heteroatoms. The quantitative estimate of drug-likeness (QED) is 0.145. The van der Waals surface area contributed by atoms with Crippen molar-refractivity contribution in [3.63, 3.8) is 0 Å². The Morgan fingerprint density at radius 1 is 0.400 bits per heavy atom. The molecule has 0 bridgehead atoms. The van der Waals surface area contributed by atoms with Gasteiger partial charge in [-0.05, 0) is 0 Å². The van der Waals surface area contributed by atoms with E-state index in [-0.39, 0.29) is 59.1 Å². The minimum absolute atomic E-state index is 0. The molecule has 0 aromatic rings. The summed E-state index contributed by atoms with van der Waals surface area (Å²) in [6.07, 6.45) is 23.4. The van der Waals surface area contributed by atoms with Gasteiger partial charge < -0.3 is 0 Å². The predicted octanol–water partition coefficient (Wildman–Crippen LogP) is 4.67. The minimum atomic E-state index is -4.67. The Morgan fingerprint density at radius 2 is 0.500 bits per heavy atom. The van der Waals surface area contributed by atoms with Crippen molar-refractivity contribution in [2.75, 3.05) is 0 Å². The predicted molar refractivity (Wildman–Crippen MR) is 128 cm³/mol. The standard InChI is InChI=1S/C18H38.2Na.2H2O4S.2H/c1-3-5-7-9-11-13-15-17-18-16-14-12-10-8-6-4-2;;;2*1-5(2,3)4;;/h3-18H2,1-2H3;;;2*(H2,1,2,3,4);;. The Hall–Kier alpha value is 1.74. The van der Waals surface area contributed by atoms with Gasteiger partial charge in [-0.3, -0.25) is 18.2 Å². The molecule has 0 radical (unpaired) electrons. The van der Waals surface area contributed by atoms with E-state index in [9.17, 15) is 0 Å². The van der Waals surface area contributed by atoms with Gasteiger partial charge >= 0.3 is 79.9 Å². The van der Waals surface area contributed by atoms with Crippen molar-refractivity contribution in [3.05, 3.63) is 0 Å². The molecule has 0 atom stereocenters. The van der Waals surface area contributed by atoms with Crippen molar-refractivity contribution in [3.8, 4) is 0 Å². The monoisotopic (exact) mass is 498 g/mol. The Labute approximate surface area is 229 Å². The van der Waals surface area contributed by atoms with Crippen LogP contribution in [0.15, 0.2) is 0 Å². The molecule has 0 amide bonds. The molecule has 0 aliphatic heterocycles. The van der Waals surface area contributed by atoms with Gasteiger partial charge in [0.05, 0.1) is 0 Å². The van der Waals surface area contributed by atoms with Crippen LogP contribution < -0.4 is 0 Å². The third kappa shape index (κ3) is 87.7. The maximum atomic E-state index is 8.74. The molecule has 0 aromatic carbocycles. The second kappa shape index (κ2) is 30.7. The molecule has 0 saturated heterocycles. The van der Waals surface area contributed by atoms with E-state index >= 15 is 0 Å². The first-order valence-corrected chi connectivity index (χ1v) is 13.1. The van der Waals surface area contributed by atoms with Gasteiger partial charge in [-0.2, -0.15) is 16.8 Å². The van der Waals surface area contributed by atoms with Gasteiger partial charge in [-0.15, -0.1) is 0 Å². The SMILES string of the molecule is CCCCCCCCCCCCCCCCCC.O=S(=O)(O)O.O=S(=O)(O)O.[NaH].[NaH]. The Kier molecular flexibility index (Phi) is 43.0. The van der Waals surface area contributed by atoms with E-state index in [0.29, 0.717) is 0 Å². The molecule has 0 aromatic heterocycles. The van der Waals surface area contributed by atoms with Crippen molar-refractivity contribution in [1.29, 1.82) is 0 Å². The molecule has 0 fully saturated rings. The molecule has 0 spiro atoms. The average Bonchev–Trinajstić information content (AvgIpc) is 2.52. The fourth-order valence-electron chi connectivity index (χ4n) is 2.62. The Morgan fingerprint density at radius 3 is 0.600 bits per heavy atom. The molecule has 0 aliphatic carbocycles.